The van der Waals surface area contributed by atoms with E-state index in [1.165, 1.54) is 7.11 Å². The van der Waals surface area contributed by atoms with Crippen molar-refractivity contribution >= 4 is 28.6 Å². The number of benzene rings is 2. The second kappa shape index (κ2) is 11.6. The third-order valence-corrected chi connectivity index (χ3v) is 6.06. The van der Waals surface area contributed by atoms with E-state index in [2.05, 4.69) is 39.0 Å². The van der Waals surface area contributed by atoms with Crippen molar-refractivity contribution in [2.75, 3.05) is 38.7 Å². The van der Waals surface area contributed by atoms with Crippen molar-refractivity contribution in [2.24, 2.45) is 0 Å². The Bertz CT molecular complexity index is 1340. The molecule has 0 aliphatic carbocycles. The first-order valence-corrected chi connectivity index (χ1v) is 12.1. The molecule has 0 aliphatic heterocycles. The van der Waals surface area contributed by atoms with E-state index in [1.54, 1.807) is 6.20 Å². The van der Waals surface area contributed by atoms with Crippen LogP contribution in [0.1, 0.15) is 29.9 Å². The van der Waals surface area contributed by atoms with Crippen LogP contribution in [0.3, 0.4) is 0 Å². The Balaban J connectivity index is 1.54. The lowest BCUT2D eigenvalue weighted by Crippen LogP contribution is -2.27. The molecule has 0 saturated carbocycles. The molecule has 36 heavy (non-hydrogen) atoms. The molecule has 1 N–H and O–H groups in total. The number of carbonyl (C=O) groups is 1. The van der Waals surface area contributed by atoms with Crippen LogP contribution < -0.4 is 10.1 Å². The highest BCUT2D eigenvalue weighted by atomic mass is 16.5. The number of nitrogens with one attached hydrogen (secondary N) is 1. The highest BCUT2D eigenvalue weighted by Gasteiger charge is 2.19. The predicted molar refractivity (Wildman–Crippen MR) is 142 cm³/mol. The zero-order valence-electron chi connectivity index (χ0n) is 21.1. The van der Waals surface area contributed by atoms with Crippen molar-refractivity contribution in [2.45, 2.75) is 20.8 Å². The summed E-state index contributed by atoms with van der Waals surface area (Å²) < 4.78 is 10.9. The number of pyridine rings is 1. The maximum absolute atomic E-state index is 12.6. The Kier molecular flexibility index (Phi) is 8.07. The van der Waals surface area contributed by atoms with Crippen molar-refractivity contribution in [3.63, 3.8) is 0 Å². The van der Waals surface area contributed by atoms with Gasteiger partial charge in [-0.2, -0.15) is 4.98 Å². The van der Waals surface area contributed by atoms with Crippen molar-refractivity contribution in [3.05, 3.63) is 72.1 Å². The van der Waals surface area contributed by atoms with Crippen LogP contribution in [-0.4, -0.2) is 59.2 Å². The Hall–Kier alpha value is -4.04. The fourth-order valence-corrected chi connectivity index (χ4v) is 3.95. The summed E-state index contributed by atoms with van der Waals surface area (Å²) in [7, 11) is 1.35. The second-order valence-corrected chi connectivity index (χ2v) is 8.32. The minimum Gasteiger partial charge on any atom is -0.492 e. The number of aromatic nitrogens is 3. The summed E-state index contributed by atoms with van der Waals surface area (Å²) in [6.07, 6.45) is 1.70. The van der Waals surface area contributed by atoms with Crippen molar-refractivity contribution < 1.29 is 14.3 Å². The van der Waals surface area contributed by atoms with Gasteiger partial charge in [0.15, 0.2) is 11.3 Å². The van der Waals surface area contributed by atoms with Gasteiger partial charge in [0.2, 0.25) is 5.95 Å². The number of esters is 1. The lowest BCUT2D eigenvalue weighted by Gasteiger charge is -2.18. The van der Waals surface area contributed by atoms with Gasteiger partial charge in [-0.1, -0.05) is 38.1 Å². The van der Waals surface area contributed by atoms with Crippen molar-refractivity contribution in [1.29, 1.82) is 0 Å². The molecule has 8 nitrogen and oxygen atoms in total. The van der Waals surface area contributed by atoms with E-state index in [4.69, 9.17) is 9.47 Å². The van der Waals surface area contributed by atoms with E-state index in [9.17, 15) is 4.79 Å². The molecule has 0 unspecified atom stereocenters. The van der Waals surface area contributed by atoms with Crippen LogP contribution in [0.15, 0.2) is 60.8 Å². The van der Waals surface area contributed by atoms with Gasteiger partial charge in [0.25, 0.3) is 0 Å². The molecule has 4 rings (SSSR count). The van der Waals surface area contributed by atoms with Gasteiger partial charge in [0.05, 0.1) is 7.11 Å². The quantitative estimate of drug-likeness (QED) is 0.305. The van der Waals surface area contributed by atoms with Gasteiger partial charge in [-0.15, -0.1) is 0 Å². The van der Waals surface area contributed by atoms with Crippen molar-refractivity contribution in [3.8, 4) is 16.9 Å². The van der Waals surface area contributed by atoms with Crippen LogP contribution >= 0.6 is 0 Å². The number of nitrogens with zero attached hydrogens (tertiary/aromatic N) is 4. The molecule has 2 aromatic carbocycles. The molecule has 0 aliphatic rings. The average molecular weight is 486 g/mol. The molecule has 0 saturated heterocycles. The summed E-state index contributed by atoms with van der Waals surface area (Å²) in [6.45, 7) is 9.84. The number of anilines is 2. The molecule has 2 aromatic heterocycles. The van der Waals surface area contributed by atoms with Gasteiger partial charge >= 0.3 is 5.97 Å². The van der Waals surface area contributed by atoms with Gasteiger partial charge in [0.1, 0.15) is 12.4 Å². The molecule has 0 atom stereocenters. The monoisotopic (exact) mass is 485 g/mol. The minimum absolute atomic E-state index is 0.218. The summed E-state index contributed by atoms with van der Waals surface area (Å²) in [5.74, 6) is 0.671. The largest absolute Gasteiger partial charge is 0.492 e. The van der Waals surface area contributed by atoms with Crippen LogP contribution in [0.5, 0.6) is 5.75 Å². The number of fused-ring (bicyclic) bond motifs is 1. The van der Waals surface area contributed by atoms with Crippen LogP contribution in [0.2, 0.25) is 0 Å². The predicted octanol–water partition coefficient (Wildman–Crippen LogP) is 5.25. The van der Waals surface area contributed by atoms with Crippen LogP contribution in [0.4, 0.5) is 11.6 Å². The molecule has 0 amide bonds. The summed E-state index contributed by atoms with van der Waals surface area (Å²) >= 11 is 0. The van der Waals surface area contributed by atoms with E-state index in [0.29, 0.717) is 23.8 Å². The summed E-state index contributed by atoms with van der Waals surface area (Å²) in [5.41, 5.74) is 4.07. The molecule has 4 aromatic rings. The average Bonchev–Trinajstić information content (AvgIpc) is 2.91. The number of hydrogen-bond acceptors (Lipinski definition) is 8. The first-order chi connectivity index (χ1) is 17.5. The third-order valence-electron chi connectivity index (χ3n) is 6.06. The van der Waals surface area contributed by atoms with Crippen LogP contribution in [0.25, 0.3) is 22.2 Å². The van der Waals surface area contributed by atoms with E-state index in [0.717, 1.165) is 47.6 Å². The highest BCUT2D eigenvalue weighted by Crippen LogP contribution is 2.29. The fourth-order valence-electron chi connectivity index (χ4n) is 3.95. The number of likely N-dealkylation sites (N-methyl/N-ethyl adjacent to an activating group) is 1. The standard InChI is InChI=1S/C28H31N5O3/c1-5-33(6-2)15-16-36-22-13-11-21(12-14-22)30-28-29-18-20-17-24(23-10-8-7-9-19(23)3)25(27(34)35-4)31-26(20)32-28/h7-14,17-18H,5-6,15-16H2,1-4H3,(H,29,30,31,32). The summed E-state index contributed by atoms with van der Waals surface area (Å²) in [6, 6.07) is 17.4. The van der Waals surface area contributed by atoms with E-state index in [-0.39, 0.29) is 5.69 Å². The van der Waals surface area contributed by atoms with Gasteiger partial charge in [-0.05, 0) is 61.5 Å². The molecule has 8 heteroatoms. The first kappa shape index (κ1) is 25.1. The molecule has 0 fully saturated rings. The Labute approximate surface area is 211 Å². The lowest BCUT2D eigenvalue weighted by molar-refractivity contribution is 0.0595. The zero-order valence-corrected chi connectivity index (χ0v) is 21.1. The maximum Gasteiger partial charge on any atom is 0.357 e. The number of aryl methyl sites for hydroxylation is 1. The topological polar surface area (TPSA) is 89.5 Å². The second-order valence-electron chi connectivity index (χ2n) is 8.32. The first-order valence-electron chi connectivity index (χ1n) is 12.1. The fraction of sp³-hybridized carbons (Fsp3) is 0.286. The van der Waals surface area contributed by atoms with Crippen LogP contribution in [-0.2, 0) is 4.74 Å². The molecule has 0 spiro atoms. The van der Waals surface area contributed by atoms with E-state index in [1.807, 2.05) is 61.5 Å². The molecular weight excluding hydrogens is 454 g/mol. The summed E-state index contributed by atoms with van der Waals surface area (Å²) in [5, 5.41) is 3.92. The van der Waals surface area contributed by atoms with E-state index >= 15 is 0 Å². The number of rotatable bonds is 10. The van der Waals surface area contributed by atoms with Crippen molar-refractivity contribution in [1.82, 2.24) is 19.9 Å². The lowest BCUT2D eigenvalue weighted by atomic mass is 9.98. The minimum atomic E-state index is -0.514. The third kappa shape index (κ3) is 5.78. The highest BCUT2D eigenvalue weighted by molar-refractivity contribution is 5.99. The number of ether oxygens (including phenoxy) is 2. The normalized spacial score (nSPS) is 11.0. The Morgan fingerprint density at radius 3 is 2.44 bits per heavy atom. The number of hydrogen-bond donors (Lipinski definition) is 1. The van der Waals surface area contributed by atoms with Gasteiger partial charge in [0, 0.05) is 29.4 Å². The van der Waals surface area contributed by atoms with Crippen LogP contribution in [0, 0.1) is 6.92 Å². The Morgan fingerprint density at radius 2 is 1.75 bits per heavy atom. The smallest absolute Gasteiger partial charge is 0.357 e. The SMILES string of the molecule is CCN(CC)CCOc1ccc(Nc2ncc3cc(-c4ccccc4C)c(C(=O)OC)nc3n2)cc1. The molecule has 0 bridgehead atoms. The maximum atomic E-state index is 12.6. The van der Waals surface area contributed by atoms with Gasteiger partial charge in [-0.3, -0.25) is 0 Å². The molecule has 2 heterocycles. The number of methoxy groups -OCH3 is 1. The van der Waals surface area contributed by atoms with Gasteiger partial charge < -0.3 is 19.7 Å². The number of carbonyl (C=O) groups excluding carboxylic acids is 1. The molecule has 0 radical (unpaired) electrons. The van der Waals surface area contributed by atoms with E-state index < -0.39 is 5.97 Å². The molecule has 186 valence electrons. The molecular formula is C28H31N5O3. The zero-order chi connectivity index (χ0) is 25.5. The summed E-state index contributed by atoms with van der Waals surface area (Å²) in [4.78, 5) is 28.4. The van der Waals surface area contributed by atoms with Gasteiger partial charge in [-0.25, -0.2) is 14.8 Å². The Morgan fingerprint density at radius 1 is 1.00 bits per heavy atom.